The molecule has 4 heteroatoms. The summed E-state index contributed by atoms with van der Waals surface area (Å²) in [6.07, 6.45) is 9.02. The summed E-state index contributed by atoms with van der Waals surface area (Å²) in [7, 11) is 3.90. The number of hydrogen-bond acceptors (Lipinski definition) is 3. The van der Waals surface area contributed by atoms with Gasteiger partial charge in [-0.05, 0) is 54.6 Å². The average Bonchev–Trinajstić information content (AvgIpc) is 2.93. The van der Waals surface area contributed by atoms with Gasteiger partial charge in [0.15, 0.2) is 0 Å². The molecule has 2 aromatic heterocycles. The molecule has 1 aromatic carbocycles. The molecule has 0 N–H and O–H groups in total. The Hall–Kier alpha value is -2.59. The second-order valence-electron chi connectivity index (χ2n) is 6.26. The molecule has 0 saturated carbocycles. The van der Waals surface area contributed by atoms with Crippen molar-refractivity contribution >= 4 is 23.2 Å². The predicted molar refractivity (Wildman–Crippen MR) is 98.0 cm³/mol. The summed E-state index contributed by atoms with van der Waals surface area (Å²) in [5, 5.41) is 1.29. The fraction of sp³-hybridized carbons (Fsp3) is 0.250. The minimum atomic E-state index is 0.911. The highest BCUT2D eigenvalue weighted by atomic mass is 16.5. The lowest BCUT2D eigenvalue weighted by Crippen LogP contribution is -2.26. The molecule has 0 saturated heterocycles. The van der Waals surface area contributed by atoms with Crippen LogP contribution in [0.1, 0.15) is 16.8 Å². The standard InChI is InChI=1S/C20H21N3O/c1-22-11-8-20-18(14-22)17-13-16(24-2)3-4-19(17)23(20)12-7-15-5-9-21-10-6-15/h3-7,9-10,12-13H,8,11,14H2,1-2H3/b12-7+. The topological polar surface area (TPSA) is 30.3 Å². The minimum absolute atomic E-state index is 0.911. The average molecular weight is 319 g/mol. The van der Waals surface area contributed by atoms with Crippen LogP contribution in [0.3, 0.4) is 0 Å². The fourth-order valence-electron chi connectivity index (χ4n) is 3.44. The molecule has 3 heterocycles. The zero-order valence-corrected chi connectivity index (χ0v) is 14.1. The van der Waals surface area contributed by atoms with Gasteiger partial charge in [-0.2, -0.15) is 0 Å². The lowest BCUT2D eigenvalue weighted by atomic mass is 10.0. The lowest BCUT2D eigenvalue weighted by molar-refractivity contribution is 0.312. The van der Waals surface area contributed by atoms with E-state index in [0.717, 1.165) is 30.8 Å². The largest absolute Gasteiger partial charge is 0.497 e. The molecule has 0 aliphatic carbocycles. The zero-order valence-electron chi connectivity index (χ0n) is 14.1. The number of nitrogens with zero attached hydrogens (tertiary/aromatic N) is 3. The van der Waals surface area contributed by atoms with Crippen LogP contribution in [0.15, 0.2) is 42.7 Å². The van der Waals surface area contributed by atoms with Crippen LogP contribution in [0, 0.1) is 0 Å². The number of fused-ring (bicyclic) bond motifs is 3. The van der Waals surface area contributed by atoms with Crippen LogP contribution in [0.4, 0.5) is 0 Å². The van der Waals surface area contributed by atoms with Crippen LogP contribution in [-0.2, 0) is 13.0 Å². The van der Waals surface area contributed by atoms with Gasteiger partial charge in [0, 0.05) is 49.2 Å². The second-order valence-corrected chi connectivity index (χ2v) is 6.26. The summed E-state index contributed by atoms with van der Waals surface area (Å²) >= 11 is 0. The van der Waals surface area contributed by atoms with Crippen LogP contribution in [0.5, 0.6) is 5.75 Å². The third kappa shape index (κ3) is 2.59. The Morgan fingerprint density at radius 2 is 2.00 bits per heavy atom. The zero-order chi connectivity index (χ0) is 16.5. The molecular weight excluding hydrogens is 298 g/mol. The number of methoxy groups -OCH3 is 1. The van der Waals surface area contributed by atoms with E-state index in [9.17, 15) is 0 Å². The molecule has 122 valence electrons. The van der Waals surface area contributed by atoms with Gasteiger partial charge in [0.2, 0.25) is 0 Å². The van der Waals surface area contributed by atoms with E-state index < -0.39 is 0 Å². The van der Waals surface area contributed by atoms with Gasteiger partial charge in [-0.3, -0.25) is 4.98 Å². The highest BCUT2D eigenvalue weighted by Crippen LogP contribution is 2.33. The van der Waals surface area contributed by atoms with Gasteiger partial charge >= 0.3 is 0 Å². The normalized spacial score (nSPS) is 15.1. The van der Waals surface area contributed by atoms with Crippen molar-refractivity contribution in [1.82, 2.24) is 14.5 Å². The molecule has 1 aliphatic rings. The van der Waals surface area contributed by atoms with Crippen LogP contribution >= 0.6 is 0 Å². The van der Waals surface area contributed by atoms with Crippen LogP contribution in [0.2, 0.25) is 0 Å². The van der Waals surface area contributed by atoms with Crippen LogP contribution in [-0.4, -0.2) is 35.2 Å². The molecule has 4 nitrogen and oxygen atoms in total. The molecule has 0 unspecified atom stereocenters. The van der Waals surface area contributed by atoms with Crippen LogP contribution in [0.25, 0.3) is 23.2 Å². The van der Waals surface area contributed by atoms with E-state index in [4.69, 9.17) is 4.74 Å². The van der Waals surface area contributed by atoms with Crippen molar-refractivity contribution in [3.05, 3.63) is 59.5 Å². The van der Waals surface area contributed by atoms with E-state index in [2.05, 4.69) is 45.9 Å². The van der Waals surface area contributed by atoms with Crippen molar-refractivity contribution in [3.63, 3.8) is 0 Å². The molecule has 24 heavy (non-hydrogen) atoms. The van der Waals surface area contributed by atoms with Gasteiger partial charge in [-0.25, -0.2) is 0 Å². The first kappa shape index (κ1) is 15.0. The van der Waals surface area contributed by atoms with E-state index in [1.165, 1.54) is 22.2 Å². The number of aromatic nitrogens is 2. The first-order chi connectivity index (χ1) is 11.8. The smallest absolute Gasteiger partial charge is 0.119 e. The van der Waals surface area contributed by atoms with Crippen molar-refractivity contribution < 1.29 is 4.74 Å². The van der Waals surface area contributed by atoms with Gasteiger partial charge in [-0.1, -0.05) is 0 Å². The minimum Gasteiger partial charge on any atom is -0.497 e. The molecule has 0 amide bonds. The van der Waals surface area contributed by atoms with E-state index in [-0.39, 0.29) is 0 Å². The van der Waals surface area contributed by atoms with Crippen molar-refractivity contribution in [2.45, 2.75) is 13.0 Å². The van der Waals surface area contributed by atoms with Crippen molar-refractivity contribution in [2.75, 3.05) is 20.7 Å². The predicted octanol–water partition coefficient (Wildman–Crippen LogP) is 3.66. The molecule has 0 fully saturated rings. The third-order valence-corrected chi connectivity index (χ3v) is 4.71. The molecule has 0 radical (unpaired) electrons. The molecule has 0 spiro atoms. The van der Waals surface area contributed by atoms with E-state index in [0.29, 0.717) is 0 Å². The number of rotatable bonds is 3. The van der Waals surface area contributed by atoms with Gasteiger partial charge in [0.25, 0.3) is 0 Å². The Labute approximate surface area is 142 Å². The first-order valence-electron chi connectivity index (χ1n) is 8.23. The highest BCUT2D eigenvalue weighted by Gasteiger charge is 2.21. The Balaban J connectivity index is 1.87. The van der Waals surface area contributed by atoms with Gasteiger partial charge in [-0.15, -0.1) is 0 Å². The number of ether oxygens (including phenoxy) is 1. The maximum absolute atomic E-state index is 5.43. The molecule has 0 bridgehead atoms. The van der Waals surface area contributed by atoms with Crippen molar-refractivity contribution in [3.8, 4) is 5.75 Å². The summed E-state index contributed by atoms with van der Waals surface area (Å²) in [4.78, 5) is 6.45. The Bertz CT molecular complexity index is 896. The van der Waals surface area contributed by atoms with E-state index in [1.54, 1.807) is 7.11 Å². The quantitative estimate of drug-likeness (QED) is 0.738. The SMILES string of the molecule is COc1ccc2c(c1)c1c(n2/C=C/c2ccncc2)CCN(C)C1. The van der Waals surface area contributed by atoms with Gasteiger partial charge < -0.3 is 14.2 Å². The summed E-state index contributed by atoms with van der Waals surface area (Å²) < 4.78 is 7.76. The van der Waals surface area contributed by atoms with E-state index in [1.807, 2.05) is 30.6 Å². The maximum Gasteiger partial charge on any atom is 0.119 e. The molecule has 0 atom stereocenters. The third-order valence-electron chi connectivity index (χ3n) is 4.71. The Morgan fingerprint density at radius 3 is 2.79 bits per heavy atom. The first-order valence-corrected chi connectivity index (χ1v) is 8.23. The lowest BCUT2D eigenvalue weighted by Gasteiger charge is -2.23. The molecule has 4 rings (SSSR count). The number of likely N-dealkylation sites (N-methyl/N-ethyl adjacent to an activating group) is 1. The maximum atomic E-state index is 5.43. The van der Waals surface area contributed by atoms with Crippen LogP contribution < -0.4 is 4.74 Å². The molecule has 3 aromatic rings. The Kier molecular flexibility index (Phi) is 3.82. The summed E-state index contributed by atoms with van der Waals surface area (Å²) in [6, 6.07) is 10.4. The van der Waals surface area contributed by atoms with Crippen molar-refractivity contribution in [1.29, 1.82) is 0 Å². The summed E-state index contributed by atoms with van der Waals surface area (Å²) in [6.45, 7) is 2.07. The van der Waals surface area contributed by atoms with Gasteiger partial charge in [0.1, 0.15) is 5.75 Å². The molecular formula is C20H21N3O. The molecule has 1 aliphatic heterocycles. The number of benzene rings is 1. The van der Waals surface area contributed by atoms with E-state index >= 15 is 0 Å². The summed E-state index contributed by atoms with van der Waals surface area (Å²) in [5.41, 5.74) is 5.21. The second kappa shape index (κ2) is 6.13. The monoisotopic (exact) mass is 319 g/mol. The number of hydrogen-bond donors (Lipinski definition) is 0. The van der Waals surface area contributed by atoms with Crippen molar-refractivity contribution in [2.24, 2.45) is 0 Å². The highest BCUT2D eigenvalue weighted by molar-refractivity contribution is 5.89. The summed E-state index contributed by atoms with van der Waals surface area (Å²) in [5.74, 6) is 0.911. The number of pyridine rings is 1. The Morgan fingerprint density at radius 1 is 1.17 bits per heavy atom. The fourth-order valence-corrected chi connectivity index (χ4v) is 3.44. The van der Waals surface area contributed by atoms with Gasteiger partial charge in [0.05, 0.1) is 12.6 Å².